The van der Waals surface area contributed by atoms with Gasteiger partial charge in [0.2, 0.25) is 0 Å². The number of nitrogens with zero attached hydrogens (tertiary/aromatic N) is 1. The zero-order chi connectivity index (χ0) is 20.6. The van der Waals surface area contributed by atoms with E-state index in [1.54, 1.807) is 6.21 Å². The average Bonchev–Trinajstić information content (AvgIpc) is 2.71. The van der Waals surface area contributed by atoms with Crippen molar-refractivity contribution in [2.75, 3.05) is 11.9 Å². The number of para-hydroxylation sites is 1. The Morgan fingerprint density at radius 3 is 2.41 bits per heavy atom. The number of nitrogens with one attached hydrogen (secondary N) is 2. The minimum absolute atomic E-state index is 0.108. The third-order valence-corrected chi connectivity index (χ3v) is 5.62. The summed E-state index contributed by atoms with van der Waals surface area (Å²) in [6.07, 6.45) is 1.58. The Morgan fingerprint density at radius 2 is 1.69 bits per heavy atom. The van der Waals surface area contributed by atoms with Crippen molar-refractivity contribution in [1.29, 1.82) is 0 Å². The summed E-state index contributed by atoms with van der Waals surface area (Å²) in [5, 5.41) is 7.09. The third kappa shape index (κ3) is 6.44. The fourth-order valence-corrected chi connectivity index (χ4v) is 3.62. The summed E-state index contributed by atoms with van der Waals surface area (Å²) in [6.45, 7) is 2.11. The highest BCUT2D eigenvalue weighted by molar-refractivity contribution is 9.11. The maximum atomic E-state index is 12.0. The first-order chi connectivity index (χ1) is 14.0. The topological polar surface area (TPSA) is 62.7 Å². The van der Waals surface area contributed by atoms with Gasteiger partial charge in [0.1, 0.15) is 11.5 Å². The number of hydrogen-bond acceptors (Lipinski definition) is 4. The van der Waals surface area contributed by atoms with E-state index in [0.29, 0.717) is 5.75 Å². The summed E-state index contributed by atoms with van der Waals surface area (Å²) >= 11 is 6.99. The Bertz CT molecular complexity index is 1000. The van der Waals surface area contributed by atoms with E-state index in [2.05, 4.69) is 47.7 Å². The van der Waals surface area contributed by atoms with Crippen LogP contribution in [0.3, 0.4) is 0 Å². The molecule has 3 rings (SSSR count). The van der Waals surface area contributed by atoms with Crippen molar-refractivity contribution in [2.45, 2.75) is 6.92 Å². The molecular formula is C22H19Br2N3O2. The highest BCUT2D eigenvalue weighted by Gasteiger charge is 2.05. The van der Waals surface area contributed by atoms with Crippen LogP contribution in [0.2, 0.25) is 0 Å². The van der Waals surface area contributed by atoms with Crippen LogP contribution >= 0.6 is 31.9 Å². The molecule has 5 nitrogen and oxygen atoms in total. The van der Waals surface area contributed by atoms with Crippen LogP contribution in [0.25, 0.3) is 0 Å². The Morgan fingerprint density at radius 1 is 1.00 bits per heavy atom. The summed E-state index contributed by atoms with van der Waals surface area (Å²) < 4.78 is 7.72. The molecule has 0 unspecified atom stereocenters. The van der Waals surface area contributed by atoms with E-state index in [4.69, 9.17) is 4.74 Å². The van der Waals surface area contributed by atoms with E-state index in [0.717, 1.165) is 31.5 Å². The molecule has 0 spiro atoms. The summed E-state index contributed by atoms with van der Waals surface area (Å²) in [5.74, 6) is 1.21. The summed E-state index contributed by atoms with van der Waals surface area (Å²) in [5.41, 5.74) is 5.27. The summed E-state index contributed by atoms with van der Waals surface area (Å²) in [4.78, 5) is 12.0. The second kappa shape index (κ2) is 10.2. The molecule has 0 aliphatic rings. The Hall–Kier alpha value is -2.64. The van der Waals surface area contributed by atoms with Gasteiger partial charge in [-0.1, -0.05) is 62.2 Å². The maximum absolute atomic E-state index is 12.0. The number of carbonyl (C=O) groups is 1. The zero-order valence-electron chi connectivity index (χ0n) is 15.7. The van der Waals surface area contributed by atoms with Crippen molar-refractivity contribution in [3.8, 4) is 11.5 Å². The molecule has 0 heterocycles. The van der Waals surface area contributed by atoms with Crippen molar-refractivity contribution in [3.63, 3.8) is 0 Å². The van der Waals surface area contributed by atoms with E-state index in [1.165, 1.54) is 0 Å². The second-order valence-corrected chi connectivity index (χ2v) is 7.91. The van der Waals surface area contributed by atoms with Crippen molar-refractivity contribution < 1.29 is 9.53 Å². The van der Waals surface area contributed by atoms with Gasteiger partial charge >= 0.3 is 0 Å². The second-order valence-electron chi connectivity index (χ2n) is 6.20. The normalized spacial score (nSPS) is 10.7. The lowest BCUT2D eigenvalue weighted by molar-refractivity contribution is -0.119. The predicted molar refractivity (Wildman–Crippen MR) is 124 cm³/mol. The number of hydrazone groups is 1. The number of rotatable bonds is 7. The molecular weight excluding hydrogens is 498 g/mol. The molecule has 148 valence electrons. The first kappa shape index (κ1) is 21.1. The van der Waals surface area contributed by atoms with Crippen LogP contribution in [0.1, 0.15) is 11.1 Å². The maximum Gasteiger partial charge on any atom is 0.259 e. The van der Waals surface area contributed by atoms with E-state index in [9.17, 15) is 4.79 Å². The molecule has 1 amide bonds. The smallest absolute Gasteiger partial charge is 0.259 e. The molecule has 0 atom stereocenters. The number of amides is 1. The molecule has 2 N–H and O–H groups in total. The van der Waals surface area contributed by atoms with Crippen molar-refractivity contribution in [1.82, 2.24) is 5.43 Å². The van der Waals surface area contributed by atoms with Gasteiger partial charge in [-0.2, -0.15) is 5.10 Å². The fraction of sp³-hybridized carbons (Fsp3) is 0.0909. The number of carbonyl (C=O) groups excluding carboxylic acids is 1. The number of hydrogen-bond donors (Lipinski definition) is 2. The van der Waals surface area contributed by atoms with Crippen LogP contribution in [-0.2, 0) is 4.79 Å². The minimum Gasteiger partial charge on any atom is -0.457 e. The molecule has 0 saturated carbocycles. The molecule has 0 saturated heterocycles. The quantitative estimate of drug-likeness (QED) is 0.304. The van der Waals surface area contributed by atoms with Gasteiger partial charge in [-0.05, 0) is 54.4 Å². The molecule has 0 aromatic heterocycles. The molecule has 0 fully saturated rings. The number of benzene rings is 3. The van der Waals surface area contributed by atoms with Crippen molar-refractivity contribution in [3.05, 3.63) is 86.8 Å². The Balaban J connectivity index is 1.52. The zero-order valence-corrected chi connectivity index (χ0v) is 18.8. The van der Waals surface area contributed by atoms with Gasteiger partial charge in [0.25, 0.3) is 5.91 Å². The minimum atomic E-state index is -0.245. The molecule has 0 aliphatic carbocycles. The van der Waals surface area contributed by atoms with Crippen LogP contribution < -0.4 is 15.5 Å². The van der Waals surface area contributed by atoms with Gasteiger partial charge in [-0.25, -0.2) is 5.43 Å². The van der Waals surface area contributed by atoms with E-state index < -0.39 is 0 Å². The van der Waals surface area contributed by atoms with Gasteiger partial charge < -0.3 is 10.1 Å². The van der Waals surface area contributed by atoms with Gasteiger partial charge in [0.15, 0.2) is 0 Å². The average molecular weight is 517 g/mol. The SMILES string of the molecule is Cc1c(Br)cc(NCC(=O)N/N=C/c2cccc(Oc3ccccc3)c2)cc1Br. The van der Waals surface area contributed by atoms with E-state index in [1.807, 2.05) is 73.7 Å². The highest BCUT2D eigenvalue weighted by Crippen LogP contribution is 2.28. The number of anilines is 1. The lowest BCUT2D eigenvalue weighted by Gasteiger charge is -2.09. The van der Waals surface area contributed by atoms with Gasteiger partial charge in [-0.3, -0.25) is 4.79 Å². The molecule has 0 bridgehead atoms. The largest absolute Gasteiger partial charge is 0.457 e. The first-order valence-electron chi connectivity index (χ1n) is 8.85. The number of ether oxygens (including phenoxy) is 1. The number of halogens is 2. The van der Waals surface area contributed by atoms with Gasteiger partial charge in [0, 0.05) is 14.6 Å². The molecule has 0 aliphatic heterocycles. The van der Waals surface area contributed by atoms with Crippen LogP contribution in [0.15, 0.2) is 80.8 Å². The third-order valence-electron chi connectivity index (χ3n) is 3.97. The lowest BCUT2D eigenvalue weighted by Crippen LogP contribution is -2.25. The standard InChI is InChI=1S/C22H19Br2N3O2/c1-15-20(23)11-17(12-21(15)24)25-14-22(28)27-26-13-16-6-5-9-19(10-16)29-18-7-3-2-4-8-18/h2-13,25H,14H2,1H3,(H,27,28)/b26-13+. The van der Waals surface area contributed by atoms with Crippen LogP contribution in [-0.4, -0.2) is 18.7 Å². The van der Waals surface area contributed by atoms with E-state index in [-0.39, 0.29) is 12.5 Å². The Kier molecular flexibility index (Phi) is 7.43. The predicted octanol–water partition coefficient (Wildman–Crippen LogP) is 5.87. The molecule has 3 aromatic carbocycles. The van der Waals surface area contributed by atoms with Crippen molar-refractivity contribution in [2.24, 2.45) is 5.10 Å². The highest BCUT2D eigenvalue weighted by atomic mass is 79.9. The summed E-state index contributed by atoms with van der Waals surface area (Å²) in [7, 11) is 0. The van der Waals surface area contributed by atoms with Crippen LogP contribution in [0, 0.1) is 6.92 Å². The summed E-state index contributed by atoms with van der Waals surface area (Å²) in [6, 6.07) is 20.9. The fourth-order valence-electron chi connectivity index (χ4n) is 2.43. The van der Waals surface area contributed by atoms with Gasteiger partial charge in [0.05, 0.1) is 12.8 Å². The molecule has 0 radical (unpaired) electrons. The Labute approximate surface area is 186 Å². The van der Waals surface area contributed by atoms with Crippen LogP contribution in [0.4, 0.5) is 5.69 Å². The molecule has 3 aromatic rings. The lowest BCUT2D eigenvalue weighted by atomic mass is 10.2. The van der Waals surface area contributed by atoms with Crippen LogP contribution in [0.5, 0.6) is 11.5 Å². The monoisotopic (exact) mass is 515 g/mol. The first-order valence-corrected chi connectivity index (χ1v) is 10.4. The molecule has 29 heavy (non-hydrogen) atoms. The van der Waals surface area contributed by atoms with Gasteiger partial charge in [-0.15, -0.1) is 0 Å². The molecule has 7 heteroatoms. The van der Waals surface area contributed by atoms with Crippen molar-refractivity contribution >= 4 is 49.7 Å². The van der Waals surface area contributed by atoms with E-state index >= 15 is 0 Å².